The number of benzene rings is 2. The van der Waals surface area contributed by atoms with Crippen molar-refractivity contribution in [1.82, 2.24) is 4.90 Å². The number of carbonyl (C=O) groups excluding carboxylic acids is 2. The maximum atomic E-state index is 12.6. The molecule has 0 spiro atoms. The van der Waals surface area contributed by atoms with Gasteiger partial charge in [-0.1, -0.05) is 48.0 Å². The van der Waals surface area contributed by atoms with Crippen molar-refractivity contribution in [3.63, 3.8) is 0 Å². The van der Waals surface area contributed by atoms with Crippen LogP contribution < -0.4 is 0 Å². The van der Waals surface area contributed by atoms with Crippen molar-refractivity contribution < 1.29 is 14.7 Å². The summed E-state index contributed by atoms with van der Waals surface area (Å²) >= 11 is 9.54. The minimum Gasteiger partial charge on any atom is -0.503 e. The van der Waals surface area contributed by atoms with Crippen LogP contribution in [0.3, 0.4) is 0 Å². The molecule has 0 saturated heterocycles. The number of carbonyl (C=O) groups is 2. The number of nitrogens with zero attached hydrogens (tertiary/aromatic N) is 1. The Balaban J connectivity index is 1.97. The lowest BCUT2D eigenvalue weighted by molar-refractivity contribution is -0.129. The van der Waals surface area contributed by atoms with Gasteiger partial charge in [-0.25, -0.2) is 0 Å². The van der Waals surface area contributed by atoms with E-state index in [4.69, 9.17) is 11.6 Å². The van der Waals surface area contributed by atoms with Crippen molar-refractivity contribution in [2.75, 3.05) is 6.54 Å². The molecule has 1 atom stereocenters. The zero-order valence-electron chi connectivity index (χ0n) is 14.1. The van der Waals surface area contributed by atoms with E-state index in [1.807, 2.05) is 30.3 Å². The Labute approximate surface area is 165 Å². The van der Waals surface area contributed by atoms with Gasteiger partial charge in [-0.05, 0) is 52.5 Å². The molecule has 0 radical (unpaired) electrons. The second-order valence-electron chi connectivity index (χ2n) is 6.13. The van der Waals surface area contributed by atoms with Crippen LogP contribution in [-0.2, 0) is 16.0 Å². The quantitative estimate of drug-likeness (QED) is 0.746. The Morgan fingerprint density at radius 2 is 1.92 bits per heavy atom. The third-order valence-electron chi connectivity index (χ3n) is 4.43. The highest BCUT2D eigenvalue weighted by atomic mass is 79.9. The summed E-state index contributed by atoms with van der Waals surface area (Å²) in [4.78, 5) is 26.2. The van der Waals surface area contributed by atoms with E-state index >= 15 is 0 Å². The minimum absolute atomic E-state index is 0.112. The molecule has 1 aliphatic heterocycles. The van der Waals surface area contributed by atoms with Crippen molar-refractivity contribution in [2.24, 2.45) is 0 Å². The van der Waals surface area contributed by atoms with E-state index in [0.717, 1.165) is 10.0 Å². The highest BCUT2D eigenvalue weighted by Gasteiger charge is 2.42. The molecule has 4 nitrogen and oxygen atoms in total. The predicted molar refractivity (Wildman–Crippen MR) is 104 cm³/mol. The Bertz CT molecular complexity index is 895. The van der Waals surface area contributed by atoms with Crippen LogP contribution >= 0.6 is 27.5 Å². The zero-order valence-corrected chi connectivity index (χ0v) is 16.4. The van der Waals surface area contributed by atoms with E-state index < -0.39 is 17.7 Å². The SMILES string of the molecule is CC(=O)C1=C(O)C(=O)N(CCc2ccccc2)C1c1ccc(Br)c(Cl)c1. The maximum absolute atomic E-state index is 12.6. The smallest absolute Gasteiger partial charge is 0.290 e. The number of hydrogen-bond acceptors (Lipinski definition) is 3. The van der Waals surface area contributed by atoms with Crippen molar-refractivity contribution in [3.05, 3.63) is 80.5 Å². The monoisotopic (exact) mass is 433 g/mol. The van der Waals surface area contributed by atoms with Crippen LogP contribution in [0.25, 0.3) is 0 Å². The number of rotatable bonds is 5. The Morgan fingerprint density at radius 1 is 1.23 bits per heavy atom. The van der Waals surface area contributed by atoms with Crippen molar-refractivity contribution in [1.29, 1.82) is 0 Å². The maximum Gasteiger partial charge on any atom is 0.290 e. The van der Waals surface area contributed by atoms with E-state index in [9.17, 15) is 14.7 Å². The van der Waals surface area contributed by atoms with Crippen molar-refractivity contribution in [2.45, 2.75) is 19.4 Å². The number of Topliss-reactive ketones (excluding diaryl/α,β-unsaturated/α-hetero) is 1. The molecule has 0 aromatic heterocycles. The molecule has 1 N–H and O–H groups in total. The number of ketones is 1. The summed E-state index contributed by atoms with van der Waals surface area (Å²) < 4.78 is 0.723. The summed E-state index contributed by atoms with van der Waals surface area (Å²) in [5.41, 5.74) is 1.87. The van der Waals surface area contributed by atoms with Crippen LogP contribution in [0.4, 0.5) is 0 Å². The molecule has 0 bridgehead atoms. The zero-order chi connectivity index (χ0) is 18.8. The molecule has 0 fully saturated rings. The third-order valence-corrected chi connectivity index (χ3v) is 5.66. The average Bonchev–Trinajstić information content (AvgIpc) is 2.88. The molecule has 0 saturated carbocycles. The summed E-state index contributed by atoms with van der Waals surface area (Å²) in [5, 5.41) is 10.8. The molecule has 1 unspecified atom stereocenters. The first kappa shape index (κ1) is 18.7. The largest absolute Gasteiger partial charge is 0.503 e. The third kappa shape index (κ3) is 3.55. The lowest BCUT2D eigenvalue weighted by Crippen LogP contribution is -2.32. The van der Waals surface area contributed by atoms with Gasteiger partial charge in [-0.3, -0.25) is 9.59 Å². The number of aliphatic hydroxyl groups excluding tert-OH is 1. The second kappa shape index (κ2) is 7.64. The van der Waals surface area contributed by atoms with Gasteiger partial charge in [0.25, 0.3) is 5.91 Å². The lowest BCUT2D eigenvalue weighted by Gasteiger charge is -2.27. The molecule has 1 amide bonds. The fourth-order valence-electron chi connectivity index (χ4n) is 3.17. The number of hydrogen-bond donors (Lipinski definition) is 1. The molecule has 1 heterocycles. The summed E-state index contributed by atoms with van der Waals surface area (Å²) in [6.07, 6.45) is 0.617. The normalized spacial score (nSPS) is 17.1. The second-order valence-corrected chi connectivity index (χ2v) is 7.39. The Morgan fingerprint density at radius 3 is 2.54 bits per heavy atom. The minimum atomic E-state index is -0.644. The molecule has 0 aliphatic carbocycles. The molecule has 134 valence electrons. The van der Waals surface area contributed by atoms with Gasteiger partial charge in [0, 0.05) is 11.0 Å². The summed E-state index contributed by atoms with van der Waals surface area (Å²) in [6, 6.07) is 14.4. The molecule has 1 aliphatic rings. The Hall–Kier alpha value is -2.11. The molecule has 6 heteroatoms. The molecule has 26 heavy (non-hydrogen) atoms. The molecular weight excluding hydrogens is 418 g/mol. The van der Waals surface area contributed by atoms with Crippen LogP contribution in [0, 0.1) is 0 Å². The van der Waals surface area contributed by atoms with Crippen molar-refractivity contribution in [3.8, 4) is 0 Å². The first-order valence-corrected chi connectivity index (χ1v) is 9.31. The lowest BCUT2D eigenvalue weighted by atomic mass is 9.96. The average molecular weight is 435 g/mol. The van der Waals surface area contributed by atoms with Gasteiger partial charge in [0.2, 0.25) is 0 Å². The molecule has 2 aromatic carbocycles. The molecule has 2 aromatic rings. The van der Waals surface area contributed by atoms with Crippen molar-refractivity contribution >= 4 is 39.2 Å². The standard InChI is InChI=1S/C20H17BrClNO3/c1-12(24)17-18(14-7-8-15(21)16(22)11-14)23(20(26)19(17)25)10-9-13-5-3-2-4-6-13/h2-8,11,18,25H,9-10H2,1H3. The van der Waals surface area contributed by atoms with Gasteiger partial charge in [0.05, 0.1) is 16.6 Å². The van der Waals surface area contributed by atoms with Gasteiger partial charge < -0.3 is 10.0 Å². The number of amides is 1. The van der Waals surface area contributed by atoms with E-state index in [-0.39, 0.29) is 11.4 Å². The van der Waals surface area contributed by atoms with E-state index in [2.05, 4.69) is 15.9 Å². The summed E-state index contributed by atoms with van der Waals surface area (Å²) in [6.45, 7) is 1.73. The predicted octanol–water partition coefficient (Wildman–Crippen LogP) is 4.63. The van der Waals surface area contributed by atoms with Gasteiger partial charge in [-0.2, -0.15) is 0 Å². The highest BCUT2D eigenvalue weighted by Crippen LogP contribution is 2.39. The van der Waals surface area contributed by atoms with E-state index in [1.54, 1.807) is 18.2 Å². The van der Waals surface area contributed by atoms with Crippen LogP contribution in [0.2, 0.25) is 5.02 Å². The van der Waals surface area contributed by atoms with E-state index in [1.165, 1.54) is 11.8 Å². The van der Waals surface area contributed by atoms with Crippen LogP contribution in [-0.4, -0.2) is 28.2 Å². The molecule has 3 rings (SSSR count). The van der Waals surface area contributed by atoms with Gasteiger partial charge in [0.1, 0.15) is 0 Å². The first-order chi connectivity index (χ1) is 12.4. The summed E-state index contributed by atoms with van der Waals surface area (Å²) in [7, 11) is 0. The number of halogens is 2. The summed E-state index contributed by atoms with van der Waals surface area (Å²) in [5.74, 6) is -1.34. The fraction of sp³-hybridized carbons (Fsp3) is 0.200. The number of aliphatic hydroxyl groups is 1. The fourth-order valence-corrected chi connectivity index (χ4v) is 3.60. The van der Waals surface area contributed by atoms with Gasteiger partial charge >= 0.3 is 0 Å². The van der Waals surface area contributed by atoms with E-state index in [0.29, 0.717) is 23.6 Å². The van der Waals surface area contributed by atoms with Gasteiger partial charge in [-0.15, -0.1) is 0 Å². The van der Waals surface area contributed by atoms with Crippen LogP contribution in [0.5, 0.6) is 0 Å². The van der Waals surface area contributed by atoms with Gasteiger partial charge in [0.15, 0.2) is 11.5 Å². The Kier molecular flexibility index (Phi) is 5.49. The van der Waals surface area contributed by atoms with Crippen LogP contribution in [0.1, 0.15) is 24.1 Å². The first-order valence-electron chi connectivity index (χ1n) is 8.14. The highest BCUT2D eigenvalue weighted by molar-refractivity contribution is 9.10. The topological polar surface area (TPSA) is 57.6 Å². The van der Waals surface area contributed by atoms with Crippen LogP contribution in [0.15, 0.2) is 64.3 Å². The molecular formula is C20H17BrClNO3.